The second-order valence-corrected chi connectivity index (χ2v) is 6.79. The van der Waals surface area contributed by atoms with E-state index in [9.17, 15) is 8.42 Å². The molecule has 0 aliphatic rings. The molecule has 0 radical (unpaired) electrons. The summed E-state index contributed by atoms with van der Waals surface area (Å²) >= 11 is 5.93. The first-order chi connectivity index (χ1) is 11.4. The van der Waals surface area contributed by atoms with Gasteiger partial charge in [-0.05, 0) is 37.3 Å². The third kappa shape index (κ3) is 4.04. The van der Waals surface area contributed by atoms with Crippen molar-refractivity contribution in [3.8, 4) is 17.2 Å². The number of halogens is 1. The van der Waals surface area contributed by atoms with E-state index in [-0.39, 0.29) is 10.6 Å². The molecule has 0 amide bonds. The van der Waals surface area contributed by atoms with E-state index in [1.54, 1.807) is 25.1 Å². The molecule has 0 unspecified atom stereocenters. The predicted molar refractivity (Wildman–Crippen MR) is 93.0 cm³/mol. The zero-order chi connectivity index (χ0) is 17.7. The molecule has 0 fully saturated rings. The van der Waals surface area contributed by atoms with Crippen LogP contribution in [-0.4, -0.2) is 29.2 Å². The van der Waals surface area contributed by atoms with Crippen LogP contribution in [0.2, 0.25) is 5.02 Å². The zero-order valence-electron chi connectivity index (χ0n) is 13.5. The second-order valence-electron chi connectivity index (χ2n) is 4.70. The van der Waals surface area contributed by atoms with Crippen LogP contribution in [0.4, 0.5) is 5.69 Å². The van der Waals surface area contributed by atoms with E-state index in [0.29, 0.717) is 28.8 Å². The first-order valence-electron chi connectivity index (χ1n) is 7.08. The Morgan fingerprint density at radius 1 is 1.00 bits per heavy atom. The lowest BCUT2D eigenvalue weighted by atomic mass is 10.3. The third-order valence-electron chi connectivity index (χ3n) is 3.13. The molecule has 0 bridgehead atoms. The molecule has 0 aromatic heterocycles. The molecule has 0 heterocycles. The van der Waals surface area contributed by atoms with Gasteiger partial charge >= 0.3 is 0 Å². The lowest BCUT2D eigenvalue weighted by Gasteiger charge is -2.14. The van der Waals surface area contributed by atoms with E-state index in [1.807, 2.05) is 0 Å². The number of methoxy groups -OCH3 is 2. The van der Waals surface area contributed by atoms with Gasteiger partial charge in [-0.2, -0.15) is 0 Å². The molecule has 2 rings (SSSR count). The molecule has 24 heavy (non-hydrogen) atoms. The van der Waals surface area contributed by atoms with Crippen LogP contribution in [0.15, 0.2) is 41.3 Å². The molecule has 0 spiro atoms. The highest BCUT2D eigenvalue weighted by Gasteiger charge is 2.21. The Balaban J connectivity index is 2.40. The molecule has 1 N–H and O–H groups in total. The Bertz CT molecular complexity index is 823. The largest absolute Gasteiger partial charge is 0.493 e. The maximum absolute atomic E-state index is 12.7. The smallest absolute Gasteiger partial charge is 0.265 e. The van der Waals surface area contributed by atoms with Crippen molar-refractivity contribution in [2.75, 3.05) is 25.5 Å². The summed E-state index contributed by atoms with van der Waals surface area (Å²) < 4.78 is 43.5. The maximum Gasteiger partial charge on any atom is 0.265 e. The average molecular weight is 372 g/mol. The monoisotopic (exact) mass is 371 g/mol. The fourth-order valence-electron chi connectivity index (χ4n) is 2.08. The van der Waals surface area contributed by atoms with Crippen molar-refractivity contribution >= 4 is 27.3 Å². The van der Waals surface area contributed by atoms with Crippen molar-refractivity contribution in [3.05, 3.63) is 41.4 Å². The van der Waals surface area contributed by atoms with E-state index in [1.165, 1.54) is 32.4 Å². The highest BCUT2D eigenvalue weighted by atomic mass is 35.5. The van der Waals surface area contributed by atoms with Gasteiger partial charge in [0.05, 0.1) is 26.5 Å². The van der Waals surface area contributed by atoms with Crippen molar-refractivity contribution in [2.24, 2.45) is 0 Å². The summed E-state index contributed by atoms with van der Waals surface area (Å²) in [5, 5.41) is 0.297. The summed E-state index contributed by atoms with van der Waals surface area (Å²) in [7, 11) is -0.915. The van der Waals surface area contributed by atoms with Crippen molar-refractivity contribution in [1.29, 1.82) is 0 Å². The van der Waals surface area contributed by atoms with Crippen LogP contribution in [0.5, 0.6) is 17.2 Å². The number of sulfonamides is 1. The molecule has 6 nitrogen and oxygen atoms in total. The van der Waals surface area contributed by atoms with Gasteiger partial charge in [0, 0.05) is 11.1 Å². The van der Waals surface area contributed by atoms with Gasteiger partial charge in [0.15, 0.2) is 11.5 Å². The number of hydrogen-bond acceptors (Lipinski definition) is 5. The quantitative estimate of drug-likeness (QED) is 0.805. The highest BCUT2D eigenvalue weighted by molar-refractivity contribution is 7.92. The third-order valence-corrected chi connectivity index (χ3v) is 4.77. The number of hydrogen-bond donors (Lipinski definition) is 1. The normalized spacial score (nSPS) is 11.0. The van der Waals surface area contributed by atoms with E-state index >= 15 is 0 Å². The zero-order valence-corrected chi connectivity index (χ0v) is 15.1. The molecule has 0 atom stereocenters. The first kappa shape index (κ1) is 18.2. The number of rotatable bonds is 7. The van der Waals surface area contributed by atoms with Crippen molar-refractivity contribution in [2.45, 2.75) is 11.8 Å². The van der Waals surface area contributed by atoms with Gasteiger partial charge < -0.3 is 14.2 Å². The van der Waals surface area contributed by atoms with E-state index in [2.05, 4.69) is 4.72 Å². The van der Waals surface area contributed by atoms with Crippen molar-refractivity contribution in [3.63, 3.8) is 0 Å². The Morgan fingerprint density at radius 3 is 2.29 bits per heavy atom. The van der Waals surface area contributed by atoms with Crippen LogP contribution in [0.25, 0.3) is 0 Å². The minimum absolute atomic E-state index is 0.0355. The van der Waals surface area contributed by atoms with E-state index in [4.69, 9.17) is 25.8 Å². The molecule has 0 aliphatic carbocycles. The summed E-state index contributed by atoms with van der Waals surface area (Å²) in [4.78, 5) is -0.0355. The van der Waals surface area contributed by atoms with Crippen molar-refractivity contribution < 1.29 is 22.6 Å². The lowest BCUT2D eigenvalue weighted by Crippen LogP contribution is -2.14. The Kier molecular flexibility index (Phi) is 5.80. The van der Waals surface area contributed by atoms with Gasteiger partial charge in [-0.25, -0.2) is 8.42 Å². The molecule has 0 saturated heterocycles. The lowest BCUT2D eigenvalue weighted by molar-refractivity contribution is 0.331. The summed E-state index contributed by atoms with van der Waals surface area (Å²) in [5.74, 6) is 1.14. The SMILES string of the molecule is CCOc1ccc(Cl)cc1S(=O)(=O)Nc1ccc(OC)c(OC)c1. The molecule has 2 aromatic rings. The van der Waals surface area contributed by atoms with Crippen LogP contribution >= 0.6 is 11.6 Å². The summed E-state index contributed by atoms with van der Waals surface area (Å²) in [6.07, 6.45) is 0. The van der Waals surface area contributed by atoms with Gasteiger partial charge in [-0.15, -0.1) is 0 Å². The minimum atomic E-state index is -3.89. The molecule has 8 heteroatoms. The second kappa shape index (κ2) is 7.63. The van der Waals surface area contributed by atoms with Crippen LogP contribution in [0.1, 0.15) is 6.92 Å². The topological polar surface area (TPSA) is 73.9 Å². The summed E-state index contributed by atoms with van der Waals surface area (Å²) in [5.41, 5.74) is 0.329. The van der Waals surface area contributed by atoms with E-state index in [0.717, 1.165) is 0 Å². The molecule has 2 aromatic carbocycles. The molecule has 0 saturated carbocycles. The Hall–Kier alpha value is -2.12. The van der Waals surface area contributed by atoms with Crippen LogP contribution < -0.4 is 18.9 Å². The Labute approximate surface area is 146 Å². The van der Waals surface area contributed by atoms with Crippen LogP contribution in [0.3, 0.4) is 0 Å². The summed E-state index contributed by atoms with van der Waals surface area (Å²) in [6.45, 7) is 2.10. The van der Waals surface area contributed by atoms with Gasteiger partial charge in [-0.1, -0.05) is 11.6 Å². The molecule has 130 valence electrons. The number of ether oxygens (including phenoxy) is 3. The number of nitrogens with one attached hydrogen (secondary N) is 1. The molecular formula is C16H18ClNO5S. The fourth-order valence-corrected chi connectivity index (χ4v) is 3.53. The molecular weight excluding hydrogens is 354 g/mol. The van der Waals surface area contributed by atoms with Crippen molar-refractivity contribution in [1.82, 2.24) is 0 Å². The maximum atomic E-state index is 12.7. The van der Waals surface area contributed by atoms with Gasteiger partial charge in [0.25, 0.3) is 10.0 Å². The van der Waals surface area contributed by atoms with Gasteiger partial charge in [0.1, 0.15) is 10.6 Å². The predicted octanol–water partition coefficient (Wildman–Crippen LogP) is 3.56. The first-order valence-corrected chi connectivity index (χ1v) is 8.94. The highest BCUT2D eigenvalue weighted by Crippen LogP contribution is 2.33. The Morgan fingerprint density at radius 2 is 1.67 bits per heavy atom. The number of benzene rings is 2. The standard InChI is InChI=1S/C16H18ClNO5S/c1-4-23-14-7-5-11(17)9-16(14)24(19,20)18-12-6-8-13(21-2)15(10-12)22-3/h5-10,18H,4H2,1-3H3. The van der Waals surface area contributed by atoms with Gasteiger partial charge in [0.2, 0.25) is 0 Å². The average Bonchev–Trinajstić information content (AvgIpc) is 2.56. The molecule has 0 aliphatic heterocycles. The number of anilines is 1. The fraction of sp³-hybridized carbons (Fsp3) is 0.250. The van der Waals surface area contributed by atoms with Gasteiger partial charge in [-0.3, -0.25) is 4.72 Å². The van der Waals surface area contributed by atoms with Crippen LogP contribution in [-0.2, 0) is 10.0 Å². The minimum Gasteiger partial charge on any atom is -0.493 e. The van der Waals surface area contributed by atoms with Crippen LogP contribution in [0, 0.1) is 0 Å². The van der Waals surface area contributed by atoms with E-state index < -0.39 is 10.0 Å². The summed E-state index contributed by atoms with van der Waals surface area (Å²) in [6, 6.07) is 9.15.